The van der Waals surface area contributed by atoms with E-state index in [4.69, 9.17) is 9.15 Å². The van der Waals surface area contributed by atoms with Crippen LogP contribution in [0.4, 0.5) is 5.88 Å². The molecule has 0 unspecified atom stereocenters. The van der Waals surface area contributed by atoms with E-state index in [1.165, 1.54) is 12.1 Å². The minimum atomic E-state index is -0.595. The molecule has 0 amide bonds. The molecule has 0 spiro atoms. The largest absolute Gasteiger partial charge is 0.508 e. The fourth-order valence-corrected chi connectivity index (χ4v) is 2.00. The lowest BCUT2D eigenvalue weighted by Gasteiger charge is -2.06. The highest BCUT2D eigenvalue weighted by Crippen LogP contribution is 2.25. The van der Waals surface area contributed by atoms with E-state index in [0.717, 1.165) is 10.8 Å². The summed E-state index contributed by atoms with van der Waals surface area (Å²) in [7, 11) is 0. The third kappa shape index (κ3) is 2.79. The first-order valence-electron chi connectivity index (χ1n) is 6.20. The summed E-state index contributed by atoms with van der Waals surface area (Å²) in [4.78, 5) is 9.92. The number of fused-ring (bicyclic) bond motifs is 1. The highest BCUT2D eigenvalue weighted by Gasteiger charge is 2.12. The van der Waals surface area contributed by atoms with E-state index in [9.17, 15) is 15.2 Å². The average Bonchev–Trinajstić information content (AvgIpc) is 2.93. The Morgan fingerprint density at radius 1 is 1.10 bits per heavy atom. The number of furan rings is 1. The molecule has 1 aromatic heterocycles. The quantitative estimate of drug-likeness (QED) is 0.584. The first kappa shape index (κ1) is 13.0. The molecule has 1 N–H and O–H groups in total. The molecule has 106 valence electrons. The van der Waals surface area contributed by atoms with Gasteiger partial charge in [0.25, 0.3) is 0 Å². The van der Waals surface area contributed by atoms with Gasteiger partial charge in [-0.15, -0.1) is 0 Å². The third-order valence-electron chi connectivity index (χ3n) is 3.00. The summed E-state index contributed by atoms with van der Waals surface area (Å²) in [6, 6.07) is 13.3. The average molecular weight is 285 g/mol. The zero-order valence-corrected chi connectivity index (χ0v) is 10.9. The molecule has 1 heterocycles. The van der Waals surface area contributed by atoms with E-state index in [1.807, 2.05) is 12.1 Å². The molecule has 3 aromatic rings. The molecule has 0 aliphatic carbocycles. The Hall–Kier alpha value is -3.02. The predicted octanol–water partition coefficient (Wildman–Crippen LogP) is 3.63. The molecule has 0 aliphatic heterocycles. The van der Waals surface area contributed by atoms with Gasteiger partial charge in [-0.05, 0) is 41.1 Å². The topological polar surface area (TPSA) is 85.7 Å². The monoisotopic (exact) mass is 285 g/mol. The van der Waals surface area contributed by atoms with E-state index < -0.39 is 4.92 Å². The number of nitro groups is 1. The van der Waals surface area contributed by atoms with E-state index in [2.05, 4.69) is 0 Å². The lowest BCUT2D eigenvalue weighted by atomic mass is 10.1. The van der Waals surface area contributed by atoms with Crippen molar-refractivity contribution in [3.8, 4) is 11.5 Å². The van der Waals surface area contributed by atoms with Gasteiger partial charge in [-0.3, -0.25) is 10.1 Å². The van der Waals surface area contributed by atoms with Crippen LogP contribution in [-0.2, 0) is 6.61 Å². The summed E-state index contributed by atoms with van der Waals surface area (Å²) in [5.74, 6) is 0.836. The summed E-state index contributed by atoms with van der Waals surface area (Å²) in [5, 5.41) is 21.8. The molecule has 6 nitrogen and oxygen atoms in total. The molecule has 21 heavy (non-hydrogen) atoms. The van der Waals surface area contributed by atoms with Crippen LogP contribution in [0.15, 0.2) is 52.9 Å². The third-order valence-corrected chi connectivity index (χ3v) is 3.00. The van der Waals surface area contributed by atoms with E-state index in [1.54, 1.807) is 24.3 Å². The molecule has 0 aliphatic rings. The van der Waals surface area contributed by atoms with Crippen molar-refractivity contribution in [2.75, 3.05) is 0 Å². The second kappa shape index (κ2) is 5.16. The van der Waals surface area contributed by atoms with Crippen molar-refractivity contribution in [3.63, 3.8) is 0 Å². The standard InChI is InChI=1S/C15H11NO5/c17-12-3-1-10-2-4-13(8-11(10)7-12)20-9-14-5-6-15(21-14)16(18)19/h1-8,17H,9H2. The van der Waals surface area contributed by atoms with Gasteiger partial charge < -0.3 is 14.3 Å². The molecule has 0 atom stereocenters. The minimum Gasteiger partial charge on any atom is -0.508 e. The van der Waals surface area contributed by atoms with E-state index in [-0.39, 0.29) is 18.2 Å². The molecule has 0 saturated heterocycles. The molecule has 3 rings (SSSR count). The number of nitrogens with zero attached hydrogens (tertiary/aromatic N) is 1. The number of hydrogen-bond donors (Lipinski definition) is 1. The van der Waals surface area contributed by atoms with Crippen molar-refractivity contribution in [2.24, 2.45) is 0 Å². The van der Waals surface area contributed by atoms with Gasteiger partial charge in [0, 0.05) is 0 Å². The molecule has 2 aromatic carbocycles. The van der Waals surface area contributed by atoms with Crippen LogP contribution in [0.2, 0.25) is 0 Å². The van der Waals surface area contributed by atoms with Crippen molar-refractivity contribution in [2.45, 2.75) is 6.61 Å². The van der Waals surface area contributed by atoms with Gasteiger partial charge in [-0.1, -0.05) is 12.1 Å². The summed E-state index contributed by atoms with van der Waals surface area (Å²) < 4.78 is 10.5. The van der Waals surface area contributed by atoms with Crippen LogP contribution in [0.25, 0.3) is 10.8 Å². The Balaban J connectivity index is 1.76. The number of phenols is 1. The van der Waals surface area contributed by atoms with E-state index >= 15 is 0 Å². The Morgan fingerprint density at radius 3 is 2.67 bits per heavy atom. The number of hydrogen-bond acceptors (Lipinski definition) is 5. The number of benzene rings is 2. The fourth-order valence-electron chi connectivity index (χ4n) is 2.00. The van der Waals surface area contributed by atoms with Gasteiger partial charge in [-0.2, -0.15) is 0 Å². The van der Waals surface area contributed by atoms with E-state index in [0.29, 0.717) is 11.5 Å². The van der Waals surface area contributed by atoms with Crippen LogP contribution in [-0.4, -0.2) is 10.0 Å². The van der Waals surface area contributed by atoms with Crippen LogP contribution in [0.1, 0.15) is 5.76 Å². The fraction of sp³-hybridized carbons (Fsp3) is 0.0667. The molecule has 0 saturated carbocycles. The van der Waals surface area contributed by atoms with Crippen LogP contribution in [0.3, 0.4) is 0 Å². The zero-order chi connectivity index (χ0) is 14.8. The van der Waals surface area contributed by atoms with Crippen LogP contribution >= 0.6 is 0 Å². The Morgan fingerprint density at radius 2 is 1.90 bits per heavy atom. The van der Waals surface area contributed by atoms with Gasteiger partial charge in [0.05, 0.1) is 6.07 Å². The molecule has 0 bridgehead atoms. The van der Waals surface area contributed by atoms with Crippen LogP contribution < -0.4 is 4.74 Å². The van der Waals surface area contributed by atoms with Crippen molar-refractivity contribution in [1.82, 2.24) is 0 Å². The molecule has 0 radical (unpaired) electrons. The molecule has 0 fully saturated rings. The van der Waals surface area contributed by atoms with Gasteiger partial charge in [0.2, 0.25) is 0 Å². The number of phenolic OH excluding ortho intramolecular Hbond substituents is 1. The lowest BCUT2D eigenvalue weighted by Crippen LogP contribution is -1.93. The van der Waals surface area contributed by atoms with Gasteiger partial charge in [0.1, 0.15) is 28.8 Å². The Bertz CT molecular complexity index is 809. The number of ether oxygens (including phenoxy) is 1. The maximum atomic E-state index is 10.5. The lowest BCUT2D eigenvalue weighted by molar-refractivity contribution is -0.402. The SMILES string of the molecule is O=[N+]([O-])c1ccc(COc2ccc3ccc(O)cc3c2)o1. The minimum absolute atomic E-state index is 0.0954. The summed E-state index contributed by atoms with van der Waals surface area (Å²) >= 11 is 0. The molecular weight excluding hydrogens is 274 g/mol. The van der Waals surface area contributed by atoms with Gasteiger partial charge >= 0.3 is 5.88 Å². The van der Waals surface area contributed by atoms with Gasteiger partial charge in [0.15, 0.2) is 0 Å². The first-order chi connectivity index (χ1) is 10.1. The first-order valence-corrected chi connectivity index (χ1v) is 6.20. The summed E-state index contributed by atoms with van der Waals surface area (Å²) in [6.07, 6.45) is 0. The predicted molar refractivity (Wildman–Crippen MR) is 75.3 cm³/mol. The Labute approximate surface area is 119 Å². The van der Waals surface area contributed by atoms with Crippen LogP contribution in [0, 0.1) is 10.1 Å². The highest BCUT2D eigenvalue weighted by molar-refractivity contribution is 5.85. The van der Waals surface area contributed by atoms with Gasteiger partial charge in [-0.25, -0.2) is 0 Å². The maximum Gasteiger partial charge on any atom is 0.433 e. The number of rotatable bonds is 4. The van der Waals surface area contributed by atoms with Crippen molar-refractivity contribution < 1.29 is 19.2 Å². The van der Waals surface area contributed by atoms with Crippen molar-refractivity contribution >= 4 is 16.7 Å². The normalized spacial score (nSPS) is 10.7. The van der Waals surface area contributed by atoms with Crippen molar-refractivity contribution in [1.29, 1.82) is 0 Å². The Kier molecular flexibility index (Phi) is 3.19. The van der Waals surface area contributed by atoms with Crippen LogP contribution in [0.5, 0.6) is 11.5 Å². The van der Waals surface area contributed by atoms with Crippen molar-refractivity contribution in [3.05, 3.63) is 64.4 Å². The molecule has 6 heteroatoms. The highest BCUT2D eigenvalue weighted by atomic mass is 16.6. The summed E-state index contributed by atoms with van der Waals surface area (Å²) in [5.41, 5.74) is 0. The second-order valence-corrected chi connectivity index (χ2v) is 4.48. The zero-order valence-electron chi connectivity index (χ0n) is 10.9. The summed E-state index contributed by atoms with van der Waals surface area (Å²) in [6.45, 7) is 0.0954. The smallest absolute Gasteiger partial charge is 0.433 e. The maximum absolute atomic E-state index is 10.5. The molecular formula is C15H11NO5. The number of aromatic hydroxyl groups is 1. The second-order valence-electron chi connectivity index (χ2n) is 4.48.